The Morgan fingerprint density at radius 1 is 1.59 bits per heavy atom. The zero-order valence-electron chi connectivity index (χ0n) is 9.33. The van der Waals surface area contributed by atoms with Crippen LogP contribution in [0.1, 0.15) is 18.5 Å². The molecule has 0 aliphatic carbocycles. The number of hydrogen-bond acceptors (Lipinski definition) is 3. The van der Waals surface area contributed by atoms with Gasteiger partial charge in [0.2, 0.25) is 0 Å². The highest BCUT2D eigenvalue weighted by Crippen LogP contribution is 2.14. The average Bonchev–Trinajstić information content (AvgIpc) is 2.73. The summed E-state index contributed by atoms with van der Waals surface area (Å²) >= 11 is 3.29. The smallest absolute Gasteiger partial charge is 0.150 e. The summed E-state index contributed by atoms with van der Waals surface area (Å²) in [6.45, 7) is 0.297. The highest BCUT2D eigenvalue weighted by molar-refractivity contribution is 9.10. The normalized spacial score (nSPS) is 23.9. The predicted molar refractivity (Wildman–Crippen MR) is 66.6 cm³/mol. The summed E-state index contributed by atoms with van der Waals surface area (Å²) in [7, 11) is 0. The maximum absolute atomic E-state index is 12.9. The van der Waals surface area contributed by atoms with Crippen molar-refractivity contribution in [3.63, 3.8) is 0 Å². The fourth-order valence-corrected chi connectivity index (χ4v) is 2.33. The third-order valence-corrected chi connectivity index (χ3v) is 3.31. The SMILES string of the molecule is O=C(CCc1cccc(Br)n1)[C@@H]1C[C@@H](F)CN1. The van der Waals surface area contributed by atoms with Crippen LogP contribution in [0.5, 0.6) is 0 Å². The Hall–Kier alpha value is -0.810. The highest BCUT2D eigenvalue weighted by Gasteiger charge is 2.28. The second-order valence-corrected chi connectivity index (χ2v) is 5.02. The quantitative estimate of drug-likeness (QED) is 0.866. The second-order valence-electron chi connectivity index (χ2n) is 4.21. The molecular weight excluding hydrogens is 287 g/mol. The Morgan fingerprint density at radius 3 is 3.06 bits per heavy atom. The van der Waals surface area contributed by atoms with Crippen LogP contribution < -0.4 is 5.32 Å². The van der Waals surface area contributed by atoms with E-state index in [1.54, 1.807) is 0 Å². The number of carbonyl (C=O) groups excluding carboxylic acids is 1. The van der Waals surface area contributed by atoms with E-state index >= 15 is 0 Å². The lowest BCUT2D eigenvalue weighted by atomic mass is 10.0. The molecule has 2 rings (SSSR count). The van der Waals surface area contributed by atoms with E-state index in [0.29, 0.717) is 25.8 Å². The lowest BCUT2D eigenvalue weighted by Gasteiger charge is -2.08. The van der Waals surface area contributed by atoms with Crippen LogP contribution in [-0.4, -0.2) is 29.5 Å². The number of carbonyl (C=O) groups is 1. The van der Waals surface area contributed by atoms with Crippen molar-refractivity contribution in [2.24, 2.45) is 0 Å². The van der Waals surface area contributed by atoms with Gasteiger partial charge < -0.3 is 5.32 Å². The van der Waals surface area contributed by atoms with Crippen LogP contribution in [0.15, 0.2) is 22.8 Å². The molecule has 1 aromatic rings. The van der Waals surface area contributed by atoms with Crippen LogP contribution in [0, 0.1) is 0 Å². The largest absolute Gasteiger partial charge is 0.304 e. The molecule has 0 unspecified atom stereocenters. The van der Waals surface area contributed by atoms with Gasteiger partial charge in [0.15, 0.2) is 0 Å². The van der Waals surface area contributed by atoms with E-state index in [-0.39, 0.29) is 11.8 Å². The number of nitrogens with one attached hydrogen (secondary N) is 1. The molecule has 3 nitrogen and oxygen atoms in total. The Bertz CT molecular complexity index is 413. The van der Waals surface area contributed by atoms with Gasteiger partial charge in [-0.3, -0.25) is 4.79 Å². The number of pyridine rings is 1. The highest BCUT2D eigenvalue weighted by atomic mass is 79.9. The number of rotatable bonds is 4. The van der Waals surface area contributed by atoms with E-state index in [4.69, 9.17) is 0 Å². The average molecular weight is 301 g/mol. The van der Waals surface area contributed by atoms with Crippen LogP contribution >= 0.6 is 15.9 Å². The van der Waals surface area contributed by atoms with Crippen molar-refractivity contribution in [2.75, 3.05) is 6.54 Å². The number of halogens is 2. The molecule has 0 radical (unpaired) electrons. The van der Waals surface area contributed by atoms with E-state index in [1.807, 2.05) is 18.2 Å². The van der Waals surface area contributed by atoms with E-state index < -0.39 is 6.17 Å². The Kier molecular flexibility index (Phi) is 4.23. The fraction of sp³-hybridized carbons (Fsp3) is 0.500. The van der Waals surface area contributed by atoms with Crippen molar-refractivity contribution >= 4 is 21.7 Å². The first-order valence-corrected chi connectivity index (χ1v) is 6.46. The third-order valence-electron chi connectivity index (χ3n) is 2.87. The zero-order valence-corrected chi connectivity index (χ0v) is 10.9. The molecular formula is C12H14BrFN2O. The monoisotopic (exact) mass is 300 g/mol. The lowest BCUT2D eigenvalue weighted by molar-refractivity contribution is -0.120. The molecule has 2 atom stereocenters. The van der Waals surface area contributed by atoms with Gasteiger partial charge in [-0.25, -0.2) is 9.37 Å². The van der Waals surface area contributed by atoms with Crippen LogP contribution in [0.3, 0.4) is 0 Å². The Balaban J connectivity index is 1.84. The lowest BCUT2D eigenvalue weighted by Crippen LogP contribution is -2.30. The van der Waals surface area contributed by atoms with Gasteiger partial charge in [0, 0.05) is 25.1 Å². The van der Waals surface area contributed by atoms with E-state index in [1.165, 1.54) is 0 Å². The minimum absolute atomic E-state index is 0.0759. The van der Waals surface area contributed by atoms with Crippen molar-refractivity contribution in [2.45, 2.75) is 31.5 Å². The van der Waals surface area contributed by atoms with Crippen molar-refractivity contribution in [1.29, 1.82) is 0 Å². The molecule has 0 spiro atoms. The molecule has 1 aromatic heterocycles. The first kappa shape index (κ1) is 12.6. The number of ketones is 1. The van der Waals surface area contributed by atoms with E-state index in [2.05, 4.69) is 26.2 Å². The predicted octanol–water partition coefficient (Wildman–Crippen LogP) is 2.05. The number of aromatic nitrogens is 1. The van der Waals surface area contributed by atoms with Crippen molar-refractivity contribution in [3.05, 3.63) is 28.5 Å². The number of Topliss-reactive ketones (excluding diaryl/α,β-unsaturated/α-hetero) is 1. The first-order chi connectivity index (χ1) is 8.15. The van der Waals surface area contributed by atoms with Crippen molar-refractivity contribution in [1.82, 2.24) is 10.3 Å². The first-order valence-electron chi connectivity index (χ1n) is 5.67. The fourth-order valence-electron chi connectivity index (χ4n) is 1.95. The van der Waals surface area contributed by atoms with Gasteiger partial charge in [-0.05, 0) is 34.5 Å². The summed E-state index contributed by atoms with van der Waals surface area (Å²) in [4.78, 5) is 16.0. The van der Waals surface area contributed by atoms with Crippen molar-refractivity contribution in [3.8, 4) is 0 Å². The molecule has 1 aliphatic rings. The molecule has 0 bridgehead atoms. The molecule has 0 aromatic carbocycles. The summed E-state index contributed by atoms with van der Waals surface area (Å²) in [5.41, 5.74) is 0.877. The van der Waals surface area contributed by atoms with Crippen LogP contribution in [0.4, 0.5) is 4.39 Å². The maximum Gasteiger partial charge on any atom is 0.150 e. The van der Waals surface area contributed by atoms with Gasteiger partial charge in [0.1, 0.15) is 16.6 Å². The summed E-state index contributed by atoms with van der Waals surface area (Å²) in [5, 5.41) is 2.90. The molecule has 1 saturated heterocycles. The zero-order chi connectivity index (χ0) is 12.3. The minimum atomic E-state index is -0.882. The van der Waals surface area contributed by atoms with Crippen LogP contribution in [-0.2, 0) is 11.2 Å². The van der Waals surface area contributed by atoms with Gasteiger partial charge in [-0.15, -0.1) is 0 Å². The summed E-state index contributed by atoms with van der Waals surface area (Å²) in [6.07, 6.45) is 0.444. The number of alkyl halides is 1. The van der Waals surface area contributed by atoms with Gasteiger partial charge in [0.05, 0.1) is 6.04 Å². The third kappa shape index (κ3) is 3.57. The number of nitrogens with zero attached hydrogens (tertiary/aromatic N) is 1. The standard InChI is InChI=1S/C12H14BrFN2O/c13-12-3-1-2-9(16-12)4-5-11(17)10-6-8(14)7-15-10/h1-3,8,10,15H,4-7H2/t8-,10+/m1/s1. The molecule has 17 heavy (non-hydrogen) atoms. The molecule has 2 heterocycles. The molecule has 0 saturated carbocycles. The molecule has 0 amide bonds. The summed E-state index contributed by atoms with van der Waals surface area (Å²) in [5.74, 6) is 0.0759. The summed E-state index contributed by atoms with van der Waals surface area (Å²) in [6, 6.07) is 5.31. The summed E-state index contributed by atoms with van der Waals surface area (Å²) < 4.78 is 13.7. The van der Waals surface area contributed by atoms with Crippen LogP contribution in [0.25, 0.3) is 0 Å². The minimum Gasteiger partial charge on any atom is -0.304 e. The maximum atomic E-state index is 12.9. The van der Waals surface area contributed by atoms with E-state index in [0.717, 1.165) is 10.3 Å². The van der Waals surface area contributed by atoms with E-state index in [9.17, 15) is 9.18 Å². The van der Waals surface area contributed by atoms with Gasteiger partial charge in [-0.1, -0.05) is 6.07 Å². The van der Waals surface area contributed by atoms with Gasteiger partial charge in [0.25, 0.3) is 0 Å². The molecule has 92 valence electrons. The van der Waals surface area contributed by atoms with Crippen LogP contribution in [0.2, 0.25) is 0 Å². The second kappa shape index (κ2) is 5.69. The molecule has 1 fully saturated rings. The molecule has 1 aliphatic heterocycles. The number of aryl methyl sites for hydroxylation is 1. The topological polar surface area (TPSA) is 42.0 Å². The van der Waals surface area contributed by atoms with Gasteiger partial charge in [-0.2, -0.15) is 0 Å². The Morgan fingerprint density at radius 2 is 2.41 bits per heavy atom. The van der Waals surface area contributed by atoms with Crippen molar-refractivity contribution < 1.29 is 9.18 Å². The van der Waals surface area contributed by atoms with Gasteiger partial charge >= 0.3 is 0 Å². The number of hydrogen-bond donors (Lipinski definition) is 1. The molecule has 1 N–H and O–H groups in total. The molecule has 5 heteroatoms. The Labute approximate surface area is 108 Å².